The van der Waals surface area contributed by atoms with E-state index in [1.54, 1.807) is 47.8 Å². The molecule has 2 aromatic heterocycles. The van der Waals surface area contributed by atoms with Crippen molar-refractivity contribution in [2.45, 2.75) is 88.0 Å². The van der Waals surface area contributed by atoms with Crippen LogP contribution in [-0.2, 0) is 26.1 Å². The number of halogens is 1. The minimum Gasteiger partial charge on any atom is -0.445 e. The summed E-state index contributed by atoms with van der Waals surface area (Å²) in [5.41, 5.74) is 2.53. The number of ether oxygens (including phenoxy) is 2. The fourth-order valence-electron chi connectivity index (χ4n) is 6.77. The smallest absolute Gasteiger partial charge is 0.410 e. The van der Waals surface area contributed by atoms with Gasteiger partial charge < -0.3 is 19.7 Å². The van der Waals surface area contributed by atoms with Crippen LogP contribution in [0.1, 0.15) is 68.5 Å². The van der Waals surface area contributed by atoms with Crippen LogP contribution in [-0.4, -0.2) is 66.3 Å². The van der Waals surface area contributed by atoms with Crippen molar-refractivity contribution in [2.24, 2.45) is 0 Å². The van der Waals surface area contributed by atoms with E-state index in [1.165, 1.54) is 6.07 Å². The molecule has 0 bridgehead atoms. The Morgan fingerprint density at radius 2 is 1.78 bits per heavy atom. The van der Waals surface area contributed by atoms with Crippen LogP contribution in [0.4, 0.5) is 16.4 Å². The number of sulfonamides is 1. The minimum absolute atomic E-state index is 0.000666. The van der Waals surface area contributed by atoms with Crippen LogP contribution in [0.5, 0.6) is 0 Å². The molecule has 0 saturated heterocycles. The summed E-state index contributed by atoms with van der Waals surface area (Å²) in [6.45, 7) is 2.40. The molecule has 0 spiro atoms. The van der Waals surface area contributed by atoms with Gasteiger partial charge in [-0.25, -0.2) is 22.9 Å². The number of fused-ring (bicyclic) bond motifs is 1. The molecular weight excluding hydrogens is 680 g/mol. The topological polar surface area (TPSA) is 145 Å². The zero-order valence-electron chi connectivity index (χ0n) is 28.3. The number of nitrogens with one attached hydrogen (secondary N) is 2. The van der Waals surface area contributed by atoms with Crippen LogP contribution in [0.2, 0.25) is 5.02 Å². The highest BCUT2D eigenvalue weighted by Gasteiger charge is 2.28. The first-order chi connectivity index (χ1) is 24.1. The lowest BCUT2D eigenvalue weighted by Crippen LogP contribution is -2.41. The molecule has 2 saturated carbocycles. The molecule has 266 valence electrons. The standard InChI is InChI=1S/C36H43ClN6O6S/c1-24-20-30(16-17-32(24)40-35-38-22-26-21-31(37)34(44)43(33(26)41-35)28-10-6-7-11-28)50(46,47)39-18-19-48-29-14-12-27(13-15-29)42(2)36(45)49-23-25-8-4-3-5-9-25/h3-5,8-9,16-17,20-22,27-29,39H,6-7,10-15,18-19,23H2,1-2H3,(H,38,40,41). The van der Waals surface area contributed by atoms with Gasteiger partial charge in [0.25, 0.3) is 5.56 Å². The first-order valence-electron chi connectivity index (χ1n) is 17.1. The van der Waals surface area contributed by atoms with Crippen LogP contribution in [0, 0.1) is 6.92 Å². The van der Waals surface area contributed by atoms with Crippen molar-refractivity contribution in [1.82, 2.24) is 24.2 Å². The highest BCUT2D eigenvalue weighted by atomic mass is 35.5. The summed E-state index contributed by atoms with van der Waals surface area (Å²) >= 11 is 6.25. The number of pyridine rings is 1. The summed E-state index contributed by atoms with van der Waals surface area (Å²) in [5, 5.41) is 4.00. The molecule has 6 rings (SSSR count). The first-order valence-corrected chi connectivity index (χ1v) is 19.0. The second kappa shape index (κ2) is 15.9. The molecule has 2 aliphatic rings. The third-order valence-corrected chi connectivity index (χ3v) is 11.3. The molecule has 0 aliphatic heterocycles. The van der Waals surface area contributed by atoms with Crippen molar-refractivity contribution >= 4 is 50.4 Å². The first kappa shape index (κ1) is 35.8. The lowest BCUT2D eigenvalue weighted by Gasteiger charge is -2.34. The van der Waals surface area contributed by atoms with Crippen LogP contribution < -0.4 is 15.6 Å². The average molecular weight is 723 g/mol. The Bertz CT molecular complexity index is 1980. The van der Waals surface area contributed by atoms with E-state index in [9.17, 15) is 18.0 Å². The van der Waals surface area contributed by atoms with Gasteiger partial charge in [-0.3, -0.25) is 9.36 Å². The van der Waals surface area contributed by atoms with Crippen molar-refractivity contribution in [1.29, 1.82) is 0 Å². The minimum atomic E-state index is -3.78. The van der Waals surface area contributed by atoms with Crippen LogP contribution in [0.15, 0.2) is 70.5 Å². The number of hydrogen-bond acceptors (Lipinski definition) is 9. The monoisotopic (exact) mass is 722 g/mol. The predicted molar refractivity (Wildman–Crippen MR) is 192 cm³/mol. The van der Waals surface area contributed by atoms with E-state index in [4.69, 9.17) is 21.1 Å². The Balaban J connectivity index is 0.979. The Hall–Kier alpha value is -4.04. The Morgan fingerprint density at radius 3 is 2.50 bits per heavy atom. The number of aromatic nitrogens is 3. The van der Waals surface area contributed by atoms with E-state index in [-0.39, 0.29) is 59.5 Å². The number of nitrogens with zero attached hydrogens (tertiary/aromatic N) is 4. The number of hydrogen-bond donors (Lipinski definition) is 2. The molecule has 0 atom stereocenters. The van der Waals surface area contributed by atoms with Gasteiger partial charge in [-0.2, -0.15) is 4.98 Å². The normalized spacial score (nSPS) is 18.3. The SMILES string of the molecule is Cc1cc(S(=O)(=O)NCCOC2CCC(N(C)C(=O)OCc3ccccc3)CC2)ccc1Nc1ncc2cc(Cl)c(=O)n(C3CCCC3)c2n1. The molecule has 2 aromatic carbocycles. The molecule has 12 nitrogen and oxygen atoms in total. The molecule has 14 heteroatoms. The average Bonchev–Trinajstić information content (AvgIpc) is 3.65. The molecule has 1 amide bonds. The highest BCUT2D eigenvalue weighted by molar-refractivity contribution is 7.89. The van der Waals surface area contributed by atoms with E-state index in [2.05, 4.69) is 20.0 Å². The number of anilines is 2. The van der Waals surface area contributed by atoms with Crippen molar-refractivity contribution in [3.05, 3.63) is 87.3 Å². The van der Waals surface area contributed by atoms with Gasteiger partial charge in [0, 0.05) is 42.9 Å². The van der Waals surface area contributed by atoms with Crippen LogP contribution in [0.25, 0.3) is 11.0 Å². The molecule has 2 N–H and O–H groups in total. The Labute approximate surface area is 297 Å². The molecule has 0 unspecified atom stereocenters. The van der Waals surface area contributed by atoms with Crippen molar-refractivity contribution in [3.63, 3.8) is 0 Å². The zero-order chi connectivity index (χ0) is 35.3. The van der Waals surface area contributed by atoms with Gasteiger partial charge in [0.1, 0.15) is 17.3 Å². The maximum absolute atomic E-state index is 13.1. The van der Waals surface area contributed by atoms with Gasteiger partial charge in [-0.05, 0) is 80.8 Å². The molecule has 2 aliphatic carbocycles. The van der Waals surface area contributed by atoms with E-state index in [1.807, 2.05) is 30.3 Å². The molecule has 2 fully saturated rings. The van der Waals surface area contributed by atoms with Crippen molar-refractivity contribution < 1.29 is 22.7 Å². The lowest BCUT2D eigenvalue weighted by atomic mass is 9.92. The fourth-order valence-corrected chi connectivity index (χ4v) is 8.07. The second-order valence-corrected chi connectivity index (χ2v) is 15.2. The zero-order valence-corrected chi connectivity index (χ0v) is 29.9. The van der Waals surface area contributed by atoms with E-state index < -0.39 is 10.0 Å². The van der Waals surface area contributed by atoms with E-state index in [0.717, 1.165) is 56.9 Å². The highest BCUT2D eigenvalue weighted by Crippen LogP contribution is 2.32. The Morgan fingerprint density at radius 1 is 1.04 bits per heavy atom. The third kappa shape index (κ3) is 8.45. The third-order valence-electron chi connectivity index (χ3n) is 9.61. The molecular formula is C36H43ClN6O6S. The van der Waals surface area contributed by atoms with Crippen molar-refractivity contribution in [3.8, 4) is 0 Å². The number of carbonyl (C=O) groups is 1. The Kier molecular flexibility index (Phi) is 11.4. The molecule has 50 heavy (non-hydrogen) atoms. The maximum atomic E-state index is 13.1. The number of amides is 1. The molecule has 4 aromatic rings. The molecule has 0 radical (unpaired) electrons. The summed E-state index contributed by atoms with van der Waals surface area (Å²) in [5.74, 6) is 0.295. The predicted octanol–water partition coefficient (Wildman–Crippen LogP) is 6.49. The summed E-state index contributed by atoms with van der Waals surface area (Å²) in [7, 11) is -2.02. The van der Waals surface area contributed by atoms with Gasteiger partial charge in [0.15, 0.2) is 0 Å². The summed E-state index contributed by atoms with van der Waals surface area (Å²) in [6, 6.07) is 16.1. The summed E-state index contributed by atoms with van der Waals surface area (Å²) in [6.07, 6.45) is 8.29. The summed E-state index contributed by atoms with van der Waals surface area (Å²) < 4.78 is 42.0. The lowest BCUT2D eigenvalue weighted by molar-refractivity contribution is 0.0112. The summed E-state index contributed by atoms with van der Waals surface area (Å²) in [4.78, 5) is 36.4. The second-order valence-electron chi connectivity index (χ2n) is 13.0. The number of carbonyl (C=O) groups excluding carboxylic acids is 1. The van der Waals surface area contributed by atoms with Crippen LogP contribution in [0.3, 0.4) is 0 Å². The van der Waals surface area contributed by atoms with Gasteiger partial charge in [-0.15, -0.1) is 0 Å². The number of rotatable bonds is 12. The van der Waals surface area contributed by atoms with E-state index in [0.29, 0.717) is 28.2 Å². The number of benzene rings is 2. The maximum Gasteiger partial charge on any atom is 0.410 e. The van der Waals surface area contributed by atoms with Crippen molar-refractivity contribution in [2.75, 3.05) is 25.5 Å². The van der Waals surface area contributed by atoms with E-state index >= 15 is 0 Å². The molecule has 2 heterocycles. The largest absolute Gasteiger partial charge is 0.445 e. The van der Waals surface area contributed by atoms with Gasteiger partial charge >= 0.3 is 6.09 Å². The van der Waals surface area contributed by atoms with Gasteiger partial charge in [0.2, 0.25) is 16.0 Å². The van der Waals surface area contributed by atoms with Gasteiger partial charge in [0.05, 0.1) is 17.6 Å². The number of aryl methyl sites for hydroxylation is 1. The quantitative estimate of drug-likeness (QED) is 0.157. The fraction of sp³-hybridized carbons (Fsp3) is 0.444. The van der Waals surface area contributed by atoms with Gasteiger partial charge in [-0.1, -0.05) is 54.8 Å². The van der Waals surface area contributed by atoms with Crippen LogP contribution >= 0.6 is 11.6 Å².